The summed E-state index contributed by atoms with van der Waals surface area (Å²) in [6.07, 6.45) is 1.05. The minimum atomic E-state index is 0.157. The molecular formula is C12H19ClN2O. The Morgan fingerprint density at radius 3 is 2.69 bits per heavy atom. The average molecular weight is 243 g/mol. The van der Waals surface area contributed by atoms with Crippen LogP contribution in [0.25, 0.3) is 0 Å². The molecule has 0 saturated carbocycles. The van der Waals surface area contributed by atoms with Crippen LogP contribution in [-0.2, 0) is 6.54 Å². The zero-order valence-corrected chi connectivity index (χ0v) is 10.4. The number of nitrogen functional groups attached to an aromatic ring is 1. The van der Waals surface area contributed by atoms with Gasteiger partial charge in [-0.3, -0.25) is 4.90 Å². The first-order valence-electron chi connectivity index (χ1n) is 5.55. The highest BCUT2D eigenvalue weighted by atomic mass is 35.5. The lowest BCUT2D eigenvalue weighted by atomic mass is 10.1. The van der Waals surface area contributed by atoms with Gasteiger partial charge in [0.05, 0.1) is 6.61 Å². The van der Waals surface area contributed by atoms with Crippen molar-refractivity contribution in [3.63, 3.8) is 0 Å². The normalized spacial score (nSPS) is 11.0. The molecule has 0 aliphatic carbocycles. The van der Waals surface area contributed by atoms with Crippen molar-refractivity contribution in [2.24, 2.45) is 0 Å². The first-order valence-corrected chi connectivity index (χ1v) is 5.93. The third-order valence-corrected chi connectivity index (χ3v) is 2.85. The zero-order chi connectivity index (χ0) is 12.0. The standard InChI is InChI=1S/C12H19ClN2O/c1-2-6-15(7-8-16)9-10-11(13)4-3-5-12(10)14/h3-5,16H,2,6-9,14H2,1H3. The van der Waals surface area contributed by atoms with Crippen molar-refractivity contribution in [2.75, 3.05) is 25.4 Å². The number of hydrogen-bond acceptors (Lipinski definition) is 3. The third-order valence-electron chi connectivity index (χ3n) is 2.49. The van der Waals surface area contributed by atoms with Crippen LogP contribution in [0.3, 0.4) is 0 Å². The van der Waals surface area contributed by atoms with Crippen LogP contribution in [0, 0.1) is 0 Å². The van der Waals surface area contributed by atoms with Gasteiger partial charge in [0.2, 0.25) is 0 Å². The number of anilines is 1. The summed E-state index contributed by atoms with van der Waals surface area (Å²) >= 11 is 6.10. The van der Waals surface area contributed by atoms with E-state index in [0.717, 1.165) is 18.5 Å². The van der Waals surface area contributed by atoms with Crippen molar-refractivity contribution in [3.8, 4) is 0 Å². The second-order valence-corrected chi connectivity index (χ2v) is 4.21. The minimum absolute atomic E-state index is 0.157. The van der Waals surface area contributed by atoms with Gasteiger partial charge in [0, 0.05) is 29.4 Å². The van der Waals surface area contributed by atoms with Crippen molar-refractivity contribution in [2.45, 2.75) is 19.9 Å². The summed E-state index contributed by atoms with van der Waals surface area (Å²) in [6.45, 7) is 4.55. The summed E-state index contributed by atoms with van der Waals surface area (Å²) < 4.78 is 0. The quantitative estimate of drug-likeness (QED) is 0.752. The SMILES string of the molecule is CCCN(CCO)Cc1c(N)cccc1Cl. The maximum atomic E-state index is 8.97. The van der Waals surface area contributed by atoms with Crippen LogP contribution in [0.2, 0.25) is 5.02 Å². The second kappa shape index (κ2) is 6.74. The van der Waals surface area contributed by atoms with Crippen LogP contribution in [0.4, 0.5) is 5.69 Å². The fourth-order valence-electron chi connectivity index (χ4n) is 1.69. The Hall–Kier alpha value is -0.770. The Kier molecular flexibility index (Phi) is 5.60. The minimum Gasteiger partial charge on any atom is -0.398 e. The molecule has 0 aliphatic heterocycles. The van der Waals surface area contributed by atoms with Gasteiger partial charge in [-0.25, -0.2) is 0 Å². The van der Waals surface area contributed by atoms with Gasteiger partial charge in [-0.05, 0) is 25.1 Å². The van der Waals surface area contributed by atoms with Gasteiger partial charge in [-0.2, -0.15) is 0 Å². The first-order chi connectivity index (χ1) is 7.69. The van der Waals surface area contributed by atoms with Gasteiger partial charge in [0.15, 0.2) is 0 Å². The molecule has 1 aromatic carbocycles. The van der Waals surface area contributed by atoms with Crippen molar-refractivity contribution in [3.05, 3.63) is 28.8 Å². The number of nitrogens with two attached hydrogens (primary N) is 1. The van der Waals surface area contributed by atoms with Crippen molar-refractivity contribution in [1.82, 2.24) is 4.90 Å². The van der Waals surface area contributed by atoms with E-state index in [9.17, 15) is 0 Å². The molecule has 1 rings (SSSR count). The lowest BCUT2D eigenvalue weighted by Gasteiger charge is -2.22. The fraction of sp³-hybridized carbons (Fsp3) is 0.500. The monoisotopic (exact) mass is 242 g/mol. The molecule has 0 unspecified atom stereocenters. The maximum Gasteiger partial charge on any atom is 0.0558 e. The van der Waals surface area contributed by atoms with E-state index in [1.807, 2.05) is 18.2 Å². The Morgan fingerprint density at radius 2 is 2.12 bits per heavy atom. The van der Waals surface area contributed by atoms with E-state index in [4.69, 9.17) is 22.4 Å². The second-order valence-electron chi connectivity index (χ2n) is 3.81. The van der Waals surface area contributed by atoms with E-state index >= 15 is 0 Å². The van der Waals surface area contributed by atoms with Gasteiger partial charge in [-0.1, -0.05) is 24.6 Å². The summed E-state index contributed by atoms with van der Waals surface area (Å²) in [5, 5.41) is 9.67. The van der Waals surface area contributed by atoms with E-state index in [2.05, 4.69) is 11.8 Å². The van der Waals surface area contributed by atoms with Crippen LogP contribution in [-0.4, -0.2) is 29.7 Å². The largest absolute Gasteiger partial charge is 0.398 e. The molecule has 0 atom stereocenters. The number of benzene rings is 1. The summed E-state index contributed by atoms with van der Waals surface area (Å²) in [5.41, 5.74) is 7.55. The van der Waals surface area contributed by atoms with Crippen LogP contribution >= 0.6 is 11.6 Å². The lowest BCUT2D eigenvalue weighted by molar-refractivity contribution is 0.190. The predicted octanol–water partition coefficient (Wildman–Crippen LogP) is 2.13. The summed E-state index contributed by atoms with van der Waals surface area (Å²) in [4.78, 5) is 2.15. The molecule has 0 fully saturated rings. The van der Waals surface area contributed by atoms with Crippen LogP contribution in [0.1, 0.15) is 18.9 Å². The number of halogens is 1. The molecule has 0 aromatic heterocycles. The molecule has 0 bridgehead atoms. The molecule has 0 amide bonds. The van der Waals surface area contributed by atoms with Gasteiger partial charge in [-0.15, -0.1) is 0 Å². The Balaban J connectivity index is 2.76. The number of aliphatic hydroxyl groups excluding tert-OH is 1. The maximum absolute atomic E-state index is 8.97. The molecule has 0 saturated heterocycles. The van der Waals surface area contributed by atoms with E-state index in [-0.39, 0.29) is 6.61 Å². The van der Waals surface area contributed by atoms with Gasteiger partial charge in [0.25, 0.3) is 0 Å². The van der Waals surface area contributed by atoms with E-state index < -0.39 is 0 Å². The summed E-state index contributed by atoms with van der Waals surface area (Å²) in [6, 6.07) is 5.54. The smallest absolute Gasteiger partial charge is 0.0558 e. The van der Waals surface area contributed by atoms with Crippen molar-refractivity contribution in [1.29, 1.82) is 0 Å². The number of nitrogens with zero attached hydrogens (tertiary/aromatic N) is 1. The number of rotatable bonds is 6. The van der Waals surface area contributed by atoms with Gasteiger partial charge >= 0.3 is 0 Å². The van der Waals surface area contributed by atoms with Crippen LogP contribution in [0.5, 0.6) is 0 Å². The summed E-state index contributed by atoms with van der Waals surface area (Å²) in [7, 11) is 0. The molecular weight excluding hydrogens is 224 g/mol. The third kappa shape index (κ3) is 3.67. The molecule has 0 radical (unpaired) electrons. The van der Waals surface area contributed by atoms with E-state index in [1.54, 1.807) is 0 Å². The first kappa shape index (κ1) is 13.3. The molecule has 3 nitrogen and oxygen atoms in total. The highest BCUT2D eigenvalue weighted by Crippen LogP contribution is 2.23. The van der Waals surface area contributed by atoms with E-state index in [1.165, 1.54) is 0 Å². The fourth-order valence-corrected chi connectivity index (χ4v) is 1.93. The topological polar surface area (TPSA) is 49.5 Å². The Bertz CT molecular complexity index is 305. The molecule has 16 heavy (non-hydrogen) atoms. The molecule has 1 aromatic rings. The Labute approximate surface area is 102 Å². The summed E-state index contributed by atoms with van der Waals surface area (Å²) in [5.74, 6) is 0. The number of hydrogen-bond donors (Lipinski definition) is 2. The van der Waals surface area contributed by atoms with Crippen LogP contribution in [0.15, 0.2) is 18.2 Å². The molecule has 0 aliphatic rings. The molecule has 0 spiro atoms. The highest BCUT2D eigenvalue weighted by Gasteiger charge is 2.09. The molecule has 90 valence electrons. The Morgan fingerprint density at radius 1 is 1.38 bits per heavy atom. The number of aliphatic hydroxyl groups is 1. The van der Waals surface area contributed by atoms with Gasteiger partial charge in [0.1, 0.15) is 0 Å². The van der Waals surface area contributed by atoms with Crippen molar-refractivity contribution >= 4 is 17.3 Å². The predicted molar refractivity (Wildman–Crippen MR) is 68.5 cm³/mol. The zero-order valence-electron chi connectivity index (χ0n) is 9.62. The highest BCUT2D eigenvalue weighted by molar-refractivity contribution is 6.31. The molecule has 4 heteroatoms. The van der Waals surface area contributed by atoms with Crippen molar-refractivity contribution < 1.29 is 5.11 Å². The van der Waals surface area contributed by atoms with E-state index in [0.29, 0.717) is 23.8 Å². The molecule has 0 heterocycles. The van der Waals surface area contributed by atoms with Gasteiger partial charge < -0.3 is 10.8 Å². The lowest BCUT2D eigenvalue weighted by Crippen LogP contribution is -2.27. The molecule has 3 N–H and O–H groups in total. The van der Waals surface area contributed by atoms with Crippen LogP contribution < -0.4 is 5.73 Å². The average Bonchev–Trinajstić information content (AvgIpc) is 2.24.